The number of alkyl halides is 3. The van der Waals surface area contributed by atoms with Crippen molar-refractivity contribution in [2.24, 2.45) is 5.73 Å². The van der Waals surface area contributed by atoms with Crippen LogP contribution in [0.1, 0.15) is 10.5 Å². The van der Waals surface area contributed by atoms with Gasteiger partial charge in [0.2, 0.25) is 0 Å². The molecule has 3 N–H and O–H groups in total. The number of aromatic nitrogens is 2. The molecule has 0 radical (unpaired) electrons. The molecular formula is C11H8F3N3O3S. The van der Waals surface area contributed by atoms with Gasteiger partial charge in [0.15, 0.2) is 0 Å². The lowest BCUT2D eigenvalue weighted by atomic mass is 10.3. The SMILES string of the molecule is NC(=O)c1csc(-c2cccnc2)n1.O=C(O)C(F)(F)F. The van der Waals surface area contributed by atoms with E-state index in [1.165, 1.54) is 11.3 Å². The minimum absolute atomic E-state index is 0.300. The van der Waals surface area contributed by atoms with Crippen LogP contribution < -0.4 is 5.73 Å². The summed E-state index contributed by atoms with van der Waals surface area (Å²) in [6, 6.07) is 3.71. The minimum atomic E-state index is -5.08. The zero-order valence-corrected chi connectivity index (χ0v) is 11.0. The van der Waals surface area contributed by atoms with E-state index in [0.29, 0.717) is 5.69 Å². The molecule has 2 heterocycles. The highest BCUT2D eigenvalue weighted by Gasteiger charge is 2.38. The Kier molecular flexibility index (Phi) is 5.36. The second-order valence-electron chi connectivity index (χ2n) is 3.45. The maximum Gasteiger partial charge on any atom is 0.490 e. The van der Waals surface area contributed by atoms with E-state index in [-0.39, 0.29) is 0 Å². The second kappa shape index (κ2) is 6.79. The van der Waals surface area contributed by atoms with E-state index in [1.807, 2.05) is 12.1 Å². The van der Waals surface area contributed by atoms with E-state index in [2.05, 4.69) is 9.97 Å². The van der Waals surface area contributed by atoms with Gasteiger partial charge in [-0.05, 0) is 12.1 Å². The molecule has 112 valence electrons. The van der Waals surface area contributed by atoms with Crippen molar-refractivity contribution in [1.82, 2.24) is 9.97 Å². The third kappa shape index (κ3) is 5.18. The molecule has 0 saturated heterocycles. The molecule has 0 atom stereocenters. The zero-order chi connectivity index (χ0) is 16.0. The maximum atomic E-state index is 10.8. The number of pyridine rings is 1. The van der Waals surface area contributed by atoms with Gasteiger partial charge in [-0.15, -0.1) is 11.3 Å². The Morgan fingerprint density at radius 3 is 2.33 bits per heavy atom. The first-order chi connectivity index (χ1) is 9.71. The number of halogens is 3. The van der Waals surface area contributed by atoms with Gasteiger partial charge >= 0.3 is 12.1 Å². The van der Waals surface area contributed by atoms with E-state index in [9.17, 15) is 18.0 Å². The molecule has 21 heavy (non-hydrogen) atoms. The summed E-state index contributed by atoms with van der Waals surface area (Å²) >= 11 is 1.38. The predicted molar refractivity (Wildman–Crippen MR) is 67.6 cm³/mol. The lowest BCUT2D eigenvalue weighted by Crippen LogP contribution is -2.21. The summed E-state index contributed by atoms with van der Waals surface area (Å²) < 4.78 is 31.7. The Labute approximate surface area is 120 Å². The number of primary amides is 1. The highest BCUT2D eigenvalue weighted by Crippen LogP contribution is 2.22. The van der Waals surface area contributed by atoms with Gasteiger partial charge < -0.3 is 10.8 Å². The van der Waals surface area contributed by atoms with Gasteiger partial charge in [-0.25, -0.2) is 9.78 Å². The van der Waals surface area contributed by atoms with Gasteiger partial charge in [-0.3, -0.25) is 9.78 Å². The first kappa shape index (κ1) is 16.6. The van der Waals surface area contributed by atoms with Crippen LogP contribution in [0.2, 0.25) is 0 Å². The number of carbonyl (C=O) groups is 2. The number of carboxylic acid groups (broad SMARTS) is 1. The molecular weight excluding hydrogens is 311 g/mol. The Hall–Kier alpha value is -2.49. The van der Waals surface area contributed by atoms with Crippen molar-refractivity contribution in [3.05, 3.63) is 35.6 Å². The summed E-state index contributed by atoms with van der Waals surface area (Å²) in [5.41, 5.74) is 6.29. The van der Waals surface area contributed by atoms with Crippen LogP contribution in [-0.2, 0) is 4.79 Å². The number of amides is 1. The summed E-state index contributed by atoms with van der Waals surface area (Å²) in [5, 5.41) is 9.52. The predicted octanol–water partition coefficient (Wildman–Crippen LogP) is 1.94. The molecule has 0 aromatic carbocycles. The number of thiazole rings is 1. The summed E-state index contributed by atoms with van der Waals surface area (Å²) in [7, 11) is 0. The molecule has 6 nitrogen and oxygen atoms in total. The van der Waals surface area contributed by atoms with Crippen molar-refractivity contribution in [2.45, 2.75) is 6.18 Å². The Bertz CT molecular complexity index is 628. The van der Waals surface area contributed by atoms with Crippen LogP contribution in [0.25, 0.3) is 10.6 Å². The average Bonchev–Trinajstić information content (AvgIpc) is 2.89. The Morgan fingerprint density at radius 1 is 1.33 bits per heavy atom. The number of hydrogen-bond donors (Lipinski definition) is 2. The van der Waals surface area contributed by atoms with Crippen molar-refractivity contribution < 1.29 is 27.9 Å². The third-order valence-electron chi connectivity index (χ3n) is 1.91. The lowest BCUT2D eigenvalue weighted by Gasteiger charge is -1.93. The molecule has 2 aromatic rings. The van der Waals surface area contributed by atoms with E-state index in [1.54, 1.807) is 17.8 Å². The van der Waals surface area contributed by atoms with Gasteiger partial charge in [0.25, 0.3) is 5.91 Å². The van der Waals surface area contributed by atoms with Crippen LogP contribution in [0.3, 0.4) is 0 Å². The smallest absolute Gasteiger partial charge is 0.475 e. The molecule has 0 unspecified atom stereocenters. The number of nitrogens with zero attached hydrogens (tertiary/aromatic N) is 2. The minimum Gasteiger partial charge on any atom is -0.475 e. The quantitative estimate of drug-likeness (QED) is 0.880. The molecule has 0 bridgehead atoms. The molecule has 0 aliphatic rings. The first-order valence-corrected chi connectivity index (χ1v) is 6.05. The van der Waals surface area contributed by atoms with Crippen molar-refractivity contribution in [1.29, 1.82) is 0 Å². The molecule has 1 amide bonds. The van der Waals surface area contributed by atoms with Gasteiger partial charge in [-0.1, -0.05) is 0 Å². The van der Waals surface area contributed by atoms with E-state index >= 15 is 0 Å². The Morgan fingerprint density at radius 2 is 1.95 bits per heavy atom. The molecule has 10 heteroatoms. The largest absolute Gasteiger partial charge is 0.490 e. The number of carboxylic acids is 1. The van der Waals surface area contributed by atoms with Crippen LogP contribution in [0.4, 0.5) is 13.2 Å². The van der Waals surface area contributed by atoms with Crippen molar-refractivity contribution in [3.63, 3.8) is 0 Å². The summed E-state index contributed by atoms with van der Waals surface area (Å²) in [4.78, 5) is 27.7. The summed E-state index contributed by atoms with van der Waals surface area (Å²) in [5.74, 6) is -3.26. The van der Waals surface area contributed by atoms with E-state index in [4.69, 9.17) is 15.6 Å². The topological polar surface area (TPSA) is 106 Å². The van der Waals surface area contributed by atoms with Crippen molar-refractivity contribution in [3.8, 4) is 10.6 Å². The molecule has 2 aromatic heterocycles. The van der Waals surface area contributed by atoms with Gasteiger partial charge in [-0.2, -0.15) is 13.2 Å². The fourth-order valence-electron chi connectivity index (χ4n) is 1.01. The number of carbonyl (C=O) groups excluding carboxylic acids is 1. The molecule has 0 fully saturated rings. The van der Waals surface area contributed by atoms with Crippen LogP contribution in [0.5, 0.6) is 0 Å². The van der Waals surface area contributed by atoms with E-state index < -0.39 is 18.1 Å². The second-order valence-corrected chi connectivity index (χ2v) is 4.30. The lowest BCUT2D eigenvalue weighted by molar-refractivity contribution is -0.192. The molecule has 0 aliphatic heterocycles. The monoisotopic (exact) mass is 319 g/mol. The van der Waals surface area contributed by atoms with Crippen LogP contribution in [-0.4, -0.2) is 33.1 Å². The van der Waals surface area contributed by atoms with Gasteiger partial charge in [0.05, 0.1) is 0 Å². The van der Waals surface area contributed by atoms with Gasteiger partial charge in [0.1, 0.15) is 10.7 Å². The van der Waals surface area contributed by atoms with E-state index in [0.717, 1.165) is 10.6 Å². The molecule has 2 rings (SSSR count). The fraction of sp³-hybridized carbons (Fsp3) is 0.0909. The summed E-state index contributed by atoms with van der Waals surface area (Å²) in [6.07, 6.45) is -1.70. The van der Waals surface area contributed by atoms with Crippen LogP contribution in [0.15, 0.2) is 29.9 Å². The number of aliphatic carboxylic acids is 1. The normalized spacial score (nSPS) is 10.4. The number of rotatable bonds is 2. The highest BCUT2D eigenvalue weighted by molar-refractivity contribution is 7.13. The molecule has 0 spiro atoms. The Balaban J connectivity index is 0.000000270. The number of nitrogens with two attached hydrogens (primary N) is 1. The van der Waals surface area contributed by atoms with Crippen molar-refractivity contribution in [2.75, 3.05) is 0 Å². The van der Waals surface area contributed by atoms with Crippen LogP contribution in [0, 0.1) is 0 Å². The van der Waals surface area contributed by atoms with Crippen LogP contribution >= 0.6 is 11.3 Å². The fourth-order valence-corrected chi connectivity index (χ4v) is 1.81. The van der Waals surface area contributed by atoms with Gasteiger partial charge in [0, 0.05) is 23.3 Å². The zero-order valence-electron chi connectivity index (χ0n) is 10.2. The van der Waals surface area contributed by atoms with Crippen molar-refractivity contribution >= 4 is 23.2 Å². The summed E-state index contributed by atoms with van der Waals surface area (Å²) in [6.45, 7) is 0. The number of hydrogen-bond acceptors (Lipinski definition) is 5. The highest BCUT2D eigenvalue weighted by atomic mass is 32.1. The standard InChI is InChI=1S/C9H7N3OS.C2HF3O2/c10-8(13)7-5-14-9(12-7)6-2-1-3-11-4-6;3-2(4,5)1(6)7/h1-5H,(H2,10,13);(H,6,7). The third-order valence-corrected chi connectivity index (χ3v) is 2.80. The average molecular weight is 319 g/mol. The first-order valence-electron chi connectivity index (χ1n) is 5.17. The molecule has 0 aliphatic carbocycles. The molecule has 0 saturated carbocycles. The maximum absolute atomic E-state index is 10.8.